The van der Waals surface area contributed by atoms with Crippen molar-refractivity contribution in [2.24, 2.45) is 5.92 Å². The molecule has 2 aliphatic rings. The van der Waals surface area contributed by atoms with Crippen LogP contribution in [0.15, 0.2) is 48.5 Å². The van der Waals surface area contributed by atoms with E-state index in [-0.39, 0.29) is 30.8 Å². The van der Waals surface area contributed by atoms with E-state index >= 15 is 0 Å². The average Bonchev–Trinajstić information content (AvgIpc) is 3.58. The van der Waals surface area contributed by atoms with E-state index in [1.165, 1.54) is 16.0 Å². The molecule has 2 amide bonds. The van der Waals surface area contributed by atoms with E-state index in [4.69, 9.17) is 4.74 Å². The van der Waals surface area contributed by atoms with Gasteiger partial charge in [0.2, 0.25) is 5.91 Å². The summed E-state index contributed by atoms with van der Waals surface area (Å²) in [7, 11) is 1.56. The number of alkyl carbamates (subject to hydrolysis) is 1. The Bertz CT molecular complexity index is 1020. The molecule has 1 fully saturated rings. The van der Waals surface area contributed by atoms with Gasteiger partial charge in [0.25, 0.3) is 0 Å². The SMILES string of the molecule is CC(CCC(=O)N(C)C1(C(=O)O)CC1)CNC(=O)OCC1c2ccccc2-c2ccccc21. The van der Waals surface area contributed by atoms with E-state index in [9.17, 15) is 19.5 Å². The molecule has 7 heteroatoms. The third kappa shape index (κ3) is 4.58. The summed E-state index contributed by atoms with van der Waals surface area (Å²) in [6.45, 7) is 2.59. The van der Waals surface area contributed by atoms with Crippen molar-refractivity contribution >= 4 is 18.0 Å². The van der Waals surface area contributed by atoms with Crippen molar-refractivity contribution < 1.29 is 24.2 Å². The van der Waals surface area contributed by atoms with Gasteiger partial charge in [0.15, 0.2) is 0 Å². The first-order valence-corrected chi connectivity index (χ1v) is 11.4. The van der Waals surface area contributed by atoms with E-state index in [0.717, 1.165) is 11.1 Å². The molecule has 0 saturated heterocycles. The number of ether oxygens (including phenoxy) is 1. The summed E-state index contributed by atoms with van der Waals surface area (Å²) in [5.74, 6) is -1.05. The molecule has 2 aromatic rings. The van der Waals surface area contributed by atoms with Gasteiger partial charge in [0.1, 0.15) is 12.1 Å². The van der Waals surface area contributed by atoms with Crippen molar-refractivity contribution in [1.29, 1.82) is 0 Å². The van der Waals surface area contributed by atoms with E-state index in [1.54, 1.807) is 7.05 Å². The minimum atomic E-state index is -1.01. The van der Waals surface area contributed by atoms with Gasteiger partial charge in [0.05, 0.1) is 0 Å². The fraction of sp³-hybridized carbons (Fsp3) is 0.423. The van der Waals surface area contributed by atoms with Crippen molar-refractivity contribution in [1.82, 2.24) is 10.2 Å². The molecule has 4 rings (SSSR count). The monoisotopic (exact) mass is 450 g/mol. The third-order valence-corrected chi connectivity index (χ3v) is 6.93. The summed E-state index contributed by atoms with van der Waals surface area (Å²) >= 11 is 0. The molecule has 1 atom stereocenters. The Balaban J connectivity index is 1.22. The molecular formula is C26H30N2O5. The van der Waals surface area contributed by atoms with E-state index in [1.807, 2.05) is 31.2 Å². The van der Waals surface area contributed by atoms with Gasteiger partial charge in [-0.25, -0.2) is 9.59 Å². The van der Waals surface area contributed by atoms with Crippen LogP contribution in [-0.2, 0) is 14.3 Å². The zero-order valence-corrected chi connectivity index (χ0v) is 19.0. The average molecular weight is 451 g/mol. The Morgan fingerprint density at radius 2 is 1.67 bits per heavy atom. The van der Waals surface area contributed by atoms with Crippen molar-refractivity contribution in [3.05, 3.63) is 59.7 Å². The number of benzene rings is 2. The van der Waals surface area contributed by atoms with Crippen molar-refractivity contribution in [3.63, 3.8) is 0 Å². The number of likely N-dealkylation sites (N-methyl/N-ethyl adjacent to an activating group) is 1. The smallest absolute Gasteiger partial charge is 0.407 e. The molecule has 0 bridgehead atoms. The Kier molecular flexibility index (Phi) is 6.40. The number of nitrogens with one attached hydrogen (secondary N) is 1. The van der Waals surface area contributed by atoms with Crippen LogP contribution in [0, 0.1) is 5.92 Å². The summed E-state index contributed by atoms with van der Waals surface area (Å²) in [6.07, 6.45) is 1.34. The number of amides is 2. The minimum Gasteiger partial charge on any atom is -0.479 e. The lowest BCUT2D eigenvalue weighted by Gasteiger charge is -2.25. The topological polar surface area (TPSA) is 95.9 Å². The van der Waals surface area contributed by atoms with Crippen LogP contribution in [0.5, 0.6) is 0 Å². The first kappa shape index (κ1) is 22.8. The fourth-order valence-corrected chi connectivity index (χ4v) is 4.60. The Hall–Kier alpha value is -3.35. The van der Waals surface area contributed by atoms with E-state index < -0.39 is 17.6 Å². The number of fused-ring (bicyclic) bond motifs is 3. The summed E-state index contributed by atoms with van der Waals surface area (Å²) in [6, 6.07) is 16.4. The quantitative estimate of drug-likeness (QED) is 0.602. The molecule has 0 spiro atoms. The molecule has 1 saturated carbocycles. The minimum absolute atomic E-state index is 0.0118. The van der Waals surface area contributed by atoms with Crippen LogP contribution in [0.3, 0.4) is 0 Å². The number of carboxylic acid groups (broad SMARTS) is 1. The number of aliphatic carboxylic acids is 1. The number of carboxylic acids is 1. The lowest BCUT2D eigenvalue weighted by molar-refractivity contribution is -0.151. The zero-order chi connectivity index (χ0) is 23.6. The Morgan fingerprint density at radius 1 is 1.09 bits per heavy atom. The molecule has 33 heavy (non-hydrogen) atoms. The van der Waals surface area contributed by atoms with Crippen LogP contribution in [0.1, 0.15) is 49.7 Å². The van der Waals surface area contributed by atoms with Gasteiger partial charge < -0.3 is 20.1 Å². The molecular weight excluding hydrogens is 420 g/mol. The molecule has 174 valence electrons. The van der Waals surface area contributed by atoms with Gasteiger partial charge in [-0.3, -0.25) is 4.79 Å². The highest BCUT2D eigenvalue weighted by molar-refractivity contribution is 5.89. The maximum absolute atomic E-state index is 12.4. The van der Waals surface area contributed by atoms with Gasteiger partial charge in [-0.1, -0.05) is 55.5 Å². The predicted octanol–water partition coefficient (Wildman–Crippen LogP) is 4.02. The van der Waals surface area contributed by atoms with Crippen LogP contribution < -0.4 is 5.32 Å². The normalized spacial score (nSPS) is 16.3. The summed E-state index contributed by atoms with van der Waals surface area (Å²) in [4.78, 5) is 37.4. The maximum Gasteiger partial charge on any atom is 0.407 e. The lowest BCUT2D eigenvalue weighted by Crippen LogP contribution is -2.44. The molecule has 0 aromatic heterocycles. The predicted molar refractivity (Wildman–Crippen MR) is 124 cm³/mol. The summed E-state index contributed by atoms with van der Waals surface area (Å²) < 4.78 is 5.54. The summed E-state index contributed by atoms with van der Waals surface area (Å²) in [5.41, 5.74) is 3.68. The van der Waals surface area contributed by atoms with Crippen LogP contribution in [0.25, 0.3) is 11.1 Å². The molecule has 0 aliphatic heterocycles. The van der Waals surface area contributed by atoms with E-state index in [2.05, 4.69) is 29.6 Å². The van der Waals surface area contributed by atoms with Gasteiger partial charge in [-0.15, -0.1) is 0 Å². The van der Waals surface area contributed by atoms with Crippen LogP contribution in [0.2, 0.25) is 0 Å². The highest BCUT2D eigenvalue weighted by Gasteiger charge is 2.55. The second-order valence-electron chi connectivity index (χ2n) is 9.14. The van der Waals surface area contributed by atoms with Gasteiger partial charge in [0, 0.05) is 25.9 Å². The molecule has 2 N–H and O–H groups in total. The number of carbonyl (C=O) groups is 3. The molecule has 1 unspecified atom stereocenters. The zero-order valence-electron chi connectivity index (χ0n) is 19.0. The number of nitrogens with zero attached hydrogens (tertiary/aromatic N) is 1. The molecule has 0 heterocycles. The van der Waals surface area contributed by atoms with Crippen molar-refractivity contribution in [2.75, 3.05) is 20.2 Å². The largest absolute Gasteiger partial charge is 0.479 e. The number of carbonyl (C=O) groups excluding carboxylic acids is 2. The molecule has 0 radical (unpaired) electrons. The van der Waals surface area contributed by atoms with Gasteiger partial charge in [-0.05, 0) is 47.4 Å². The van der Waals surface area contributed by atoms with Gasteiger partial charge >= 0.3 is 12.1 Å². The Morgan fingerprint density at radius 3 is 2.21 bits per heavy atom. The highest BCUT2D eigenvalue weighted by Crippen LogP contribution is 2.44. The second kappa shape index (κ2) is 9.25. The molecule has 7 nitrogen and oxygen atoms in total. The maximum atomic E-state index is 12.4. The second-order valence-corrected chi connectivity index (χ2v) is 9.14. The number of rotatable bonds is 9. The van der Waals surface area contributed by atoms with Crippen molar-refractivity contribution in [2.45, 2.75) is 44.1 Å². The number of hydrogen-bond acceptors (Lipinski definition) is 4. The summed E-state index contributed by atoms with van der Waals surface area (Å²) in [5, 5.41) is 12.1. The highest BCUT2D eigenvalue weighted by atomic mass is 16.5. The first-order valence-electron chi connectivity index (χ1n) is 11.4. The van der Waals surface area contributed by atoms with Gasteiger partial charge in [-0.2, -0.15) is 0 Å². The lowest BCUT2D eigenvalue weighted by atomic mass is 9.98. The van der Waals surface area contributed by atoms with Crippen LogP contribution >= 0.6 is 0 Å². The number of hydrogen-bond donors (Lipinski definition) is 2. The first-order chi connectivity index (χ1) is 15.8. The van der Waals surface area contributed by atoms with E-state index in [0.29, 0.717) is 25.8 Å². The van der Waals surface area contributed by atoms with Crippen LogP contribution in [-0.4, -0.2) is 53.7 Å². The standard InChI is InChI=1S/C26H30N2O5/c1-17(11-12-23(29)28(2)26(13-14-26)24(30)31)15-27-25(32)33-16-22-20-9-5-3-7-18(20)19-8-4-6-10-21(19)22/h3-10,17,22H,11-16H2,1-2H3,(H,27,32)(H,30,31). The fourth-order valence-electron chi connectivity index (χ4n) is 4.60. The Labute approximate surface area is 193 Å². The molecule has 2 aromatic carbocycles. The molecule has 2 aliphatic carbocycles. The third-order valence-electron chi connectivity index (χ3n) is 6.93. The van der Waals surface area contributed by atoms with Crippen molar-refractivity contribution in [3.8, 4) is 11.1 Å². The van der Waals surface area contributed by atoms with Crippen LogP contribution in [0.4, 0.5) is 4.79 Å².